The number of hydrogen-bond donors (Lipinski definition) is 2. The molecule has 0 radical (unpaired) electrons. The quantitative estimate of drug-likeness (QED) is 0.767. The maximum Gasteiger partial charge on any atom is 0.166 e. The molecule has 1 aromatic carbocycles. The summed E-state index contributed by atoms with van der Waals surface area (Å²) in [6, 6.07) is 4.89. The van der Waals surface area contributed by atoms with Gasteiger partial charge in [-0.25, -0.2) is 4.39 Å². The van der Waals surface area contributed by atoms with E-state index in [2.05, 4.69) is 19.2 Å². The molecule has 1 aromatic rings. The highest BCUT2D eigenvalue weighted by molar-refractivity contribution is 5.47. The van der Waals surface area contributed by atoms with Crippen molar-refractivity contribution in [1.29, 1.82) is 0 Å². The molecule has 1 fully saturated rings. The third-order valence-electron chi connectivity index (χ3n) is 3.83. The summed E-state index contributed by atoms with van der Waals surface area (Å²) in [5, 5.41) is 12.5. The largest absolute Gasteiger partial charge is 0.505 e. The van der Waals surface area contributed by atoms with Crippen molar-refractivity contribution >= 4 is 5.69 Å². The van der Waals surface area contributed by atoms with Gasteiger partial charge in [0.2, 0.25) is 0 Å². The van der Waals surface area contributed by atoms with Crippen molar-refractivity contribution in [3.8, 4) is 5.75 Å². The van der Waals surface area contributed by atoms with Crippen molar-refractivity contribution in [2.75, 3.05) is 5.32 Å². The number of nitrogens with one attached hydrogen (secondary N) is 1. The van der Waals surface area contributed by atoms with Crippen molar-refractivity contribution in [1.82, 2.24) is 0 Å². The molecule has 1 saturated carbocycles. The molecule has 1 aliphatic rings. The van der Waals surface area contributed by atoms with E-state index < -0.39 is 5.82 Å². The van der Waals surface area contributed by atoms with E-state index in [4.69, 9.17) is 5.11 Å². The molecule has 2 nitrogen and oxygen atoms in total. The zero-order valence-electron chi connectivity index (χ0n) is 10.4. The van der Waals surface area contributed by atoms with Gasteiger partial charge in [0.05, 0.1) is 0 Å². The summed E-state index contributed by atoms with van der Waals surface area (Å²) in [5.74, 6) is 0.359. The van der Waals surface area contributed by atoms with Crippen molar-refractivity contribution in [3.05, 3.63) is 24.0 Å². The van der Waals surface area contributed by atoms with Crippen LogP contribution in [0.15, 0.2) is 18.2 Å². The van der Waals surface area contributed by atoms with Crippen LogP contribution in [0.25, 0.3) is 0 Å². The smallest absolute Gasteiger partial charge is 0.166 e. The van der Waals surface area contributed by atoms with Crippen LogP contribution in [0.3, 0.4) is 0 Å². The number of phenols is 1. The van der Waals surface area contributed by atoms with Crippen LogP contribution in [0, 0.1) is 17.7 Å². The first-order chi connectivity index (χ1) is 8.08. The van der Waals surface area contributed by atoms with E-state index in [1.54, 1.807) is 6.07 Å². The van der Waals surface area contributed by atoms with Gasteiger partial charge in [-0.05, 0) is 36.8 Å². The van der Waals surface area contributed by atoms with Crippen molar-refractivity contribution in [2.45, 2.75) is 39.2 Å². The number of rotatable bonds is 2. The highest BCUT2D eigenvalue weighted by Gasteiger charge is 2.27. The van der Waals surface area contributed by atoms with E-state index in [0.29, 0.717) is 17.9 Å². The minimum absolute atomic E-state index is 0.291. The van der Waals surface area contributed by atoms with Gasteiger partial charge in [-0.3, -0.25) is 0 Å². The first-order valence-electron chi connectivity index (χ1n) is 6.33. The molecule has 0 bridgehead atoms. The first kappa shape index (κ1) is 12.2. The lowest BCUT2D eigenvalue weighted by atomic mass is 9.78. The Bertz CT molecular complexity index is 384. The molecule has 1 aliphatic carbocycles. The first-order valence-corrected chi connectivity index (χ1v) is 6.33. The van der Waals surface area contributed by atoms with Gasteiger partial charge in [0.15, 0.2) is 11.6 Å². The SMILES string of the molecule is CC1CCCC(C)C1Nc1ccc(O)c(F)c1. The highest BCUT2D eigenvalue weighted by Crippen LogP contribution is 2.32. The maximum atomic E-state index is 13.2. The normalized spacial score (nSPS) is 29.0. The van der Waals surface area contributed by atoms with Gasteiger partial charge in [0, 0.05) is 17.8 Å². The number of halogens is 1. The average molecular weight is 237 g/mol. The second-order valence-corrected chi connectivity index (χ2v) is 5.22. The van der Waals surface area contributed by atoms with Gasteiger partial charge >= 0.3 is 0 Å². The molecule has 17 heavy (non-hydrogen) atoms. The van der Waals surface area contributed by atoms with E-state index >= 15 is 0 Å². The molecule has 0 aromatic heterocycles. The van der Waals surface area contributed by atoms with Crippen LogP contribution in [0.5, 0.6) is 5.75 Å². The fourth-order valence-corrected chi connectivity index (χ4v) is 2.76. The zero-order valence-corrected chi connectivity index (χ0v) is 10.4. The Morgan fingerprint density at radius 3 is 2.47 bits per heavy atom. The van der Waals surface area contributed by atoms with Gasteiger partial charge in [0.1, 0.15) is 0 Å². The van der Waals surface area contributed by atoms with Crippen molar-refractivity contribution in [3.63, 3.8) is 0 Å². The summed E-state index contributed by atoms with van der Waals surface area (Å²) in [6.45, 7) is 4.48. The van der Waals surface area contributed by atoms with E-state index in [-0.39, 0.29) is 5.75 Å². The fourth-order valence-electron chi connectivity index (χ4n) is 2.76. The number of benzene rings is 1. The Morgan fingerprint density at radius 2 is 1.88 bits per heavy atom. The van der Waals surface area contributed by atoms with E-state index in [1.807, 2.05) is 0 Å². The predicted octanol–water partition coefficient (Wildman–Crippen LogP) is 3.77. The molecule has 3 heteroatoms. The van der Waals surface area contributed by atoms with Crippen molar-refractivity contribution < 1.29 is 9.50 Å². The monoisotopic (exact) mass is 237 g/mol. The number of hydrogen-bond acceptors (Lipinski definition) is 2. The molecule has 0 spiro atoms. The van der Waals surface area contributed by atoms with Crippen LogP contribution in [0.2, 0.25) is 0 Å². The second kappa shape index (κ2) is 4.94. The van der Waals surface area contributed by atoms with Gasteiger partial charge in [-0.1, -0.05) is 20.3 Å². The van der Waals surface area contributed by atoms with Crippen molar-refractivity contribution in [2.24, 2.45) is 11.8 Å². The topological polar surface area (TPSA) is 32.3 Å². The summed E-state index contributed by atoms with van der Waals surface area (Å²) in [4.78, 5) is 0. The minimum Gasteiger partial charge on any atom is -0.505 e. The Kier molecular flexibility index (Phi) is 3.55. The minimum atomic E-state index is -0.564. The molecule has 0 saturated heterocycles. The lowest BCUT2D eigenvalue weighted by molar-refractivity contribution is 0.268. The van der Waals surface area contributed by atoms with Gasteiger partial charge in [-0.15, -0.1) is 0 Å². The van der Waals surface area contributed by atoms with E-state index in [1.165, 1.54) is 31.4 Å². The number of anilines is 1. The highest BCUT2D eigenvalue weighted by atomic mass is 19.1. The van der Waals surface area contributed by atoms with Crippen LogP contribution in [-0.4, -0.2) is 11.1 Å². The molecule has 94 valence electrons. The number of aromatic hydroxyl groups is 1. The fraction of sp³-hybridized carbons (Fsp3) is 0.571. The molecular weight excluding hydrogens is 217 g/mol. The van der Waals surface area contributed by atoms with Gasteiger partial charge in [0.25, 0.3) is 0 Å². The van der Waals surface area contributed by atoms with E-state index in [9.17, 15) is 4.39 Å². The molecule has 2 N–H and O–H groups in total. The Balaban J connectivity index is 2.10. The average Bonchev–Trinajstić information content (AvgIpc) is 2.28. The molecular formula is C14H20FNO. The molecule has 2 unspecified atom stereocenters. The molecule has 2 atom stereocenters. The number of phenolic OH excluding ortho intramolecular Hbond substituents is 1. The Morgan fingerprint density at radius 1 is 1.24 bits per heavy atom. The summed E-state index contributed by atoms with van der Waals surface area (Å²) >= 11 is 0. The summed E-state index contributed by atoms with van der Waals surface area (Å²) in [5.41, 5.74) is 0.755. The third-order valence-corrected chi connectivity index (χ3v) is 3.83. The van der Waals surface area contributed by atoms with Crippen LogP contribution in [0.1, 0.15) is 33.1 Å². The maximum absolute atomic E-state index is 13.2. The lowest BCUT2D eigenvalue weighted by Crippen LogP contribution is -2.37. The molecule has 0 amide bonds. The van der Waals surface area contributed by atoms with E-state index in [0.717, 1.165) is 5.69 Å². The lowest BCUT2D eigenvalue weighted by Gasteiger charge is -2.35. The Hall–Kier alpha value is -1.25. The van der Waals surface area contributed by atoms with Crippen LogP contribution in [-0.2, 0) is 0 Å². The standard InChI is InChI=1S/C14H20FNO/c1-9-4-3-5-10(2)14(9)16-11-6-7-13(17)12(15)8-11/h6-10,14,16-17H,3-5H2,1-2H3. The van der Waals surface area contributed by atoms with Crippen LogP contribution < -0.4 is 5.32 Å². The zero-order chi connectivity index (χ0) is 12.4. The van der Waals surface area contributed by atoms with Gasteiger partial charge < -0.3 is 10.4 Å². The molecule has 0 aliphatic heterocycles. The third kappa shape index (κ3) is 2.71. The van der Waals surface area contributed by atoms with Crippen LogP contribution >= 0.6 is 0 Å². The van der Waals surface area contributed by atoms with Gasteiger partial charge in [-0.2, -0.15) is 0 Å². The van der Waals surface area contributed by atoms with Crippen LogP contribution in [0.4, 0.5) is 10.1 Å². The summed E-state index contributed by atoms with van der Waals surface area (Å²) < 4.78 is 13.2. The Labute approximate surface area is 102 Å². The summed E-state index contributed by atoms with van der Waals surface area (Å²) in [6.07, 6.45) is 3.73. The predicted molar refractivity (Wildman–Crippen MR) is 67.7 cm³/mol. The second-order valence-electron chi connectivity index (χ2n) is 5.22. The molecule has 0 heterocycles. The molecule has 2 rings (SSSR count). The summed E-state index contributed by atoms with van der Waals surface area (Å²) in [7, 11) is 0.